The van der Waals surface area contributed by atoms with Crippen molar-refractivity contribution in [2.24, 2.45) is 5.73 Å². The van der Waals surface area contributed by atoms with E-state index in [9.17, 15) is 9.18 Å². The molecule has 1 aliphatic heterocycles. The van der Waals surface area contributed by atoms with Crippen LogP contribution in [0.15, 0.2) is 36.5 Å². The van der Waals surface area contributed by atoms with Crippen LogP contribution in [0.4, 0.5) is 10.2 Å². The van der Waals surface area contributed by atoms with Crippen molar-refractivity contribution in [2.75, 3.05) is 25.2 Å². The number of nitrogens with one attached hydrogen (secondary N) is 2. The van der Waals surface area contributed by atoms with Gasteiger partial charge >= 0.3 is 0 Å². The monoisotopic (exact) mass is 355 g/mol. The van der Waals surface area contributed by atoms with E-state index >= 15 is 0 Å². The molecule has 0 fully saturated rings. The number of nitriles is 1. The predicted octanol–water partition coefficient (Wildman–Crippen LogP) is -0.767. The van der Waals surface area contributed by atoms with Crippen molar-refractivity contribution in [2.45, 2.75) is 5.54 Å². The number of carbonyl (C=O) groups is 1. The van der Waals surface area contributed by atoms with Crippen molar-refractivity contribution in [3.63, 3.8) is 0 Å². The first-order valence-corrected chi connectivity index (χ1v) is 7.74. The van der Waals surface area contributed by atoms with E-state index in [4.69, 9.17) is 15.7 Å². The predicted molar refractivity (Wildman–Crippen MR) is 89.8 cm³/mol. The largest absolute Gasteiger partial charge is 0.364 e. The van der Waals surface area contributed by atoms with Gasteiger partial charge in [-0.05, 0) is 24.3 Å². The first-order chi connectivity index (χ1) is 12.6. The zero-order valence-electron chi connectivity index (χ0n) is 13.7. The number of ether oxygens (including phenoxy) is 1. The van der Waals surface area contributed by atoms with Crippen LogP contribution < -0.4 is 16.0 Å². The average Bonchev–Trinajstić information content (AvgIpc) is 2.68. The Kier molecular flexibility index (Phi) is 4.86. The van der Waals surface area contributed by atoms with Gasteiger partial charge in [-0.25, -0.2) is 14.4 Å². The summed E-state index contributed by atoms with van der Waals surface area (Å²) in [6.07, 6.45) is 1.30. The van der Waals surface area contributed by atoms with E-state index in [2.05, 4.69) is 20.3 Å². The van der Waals surface area contributed by atoms with Crippen LogP contribution >= 0.6 is 0 Å². The Hall–Kier alpha value is -3.38. The summed E-state index contributed by atoms with van der Waals surface area (Å²) in [5, 5.41) is 11.4. The van der Waals surface area contributed by atoms with Crippen LogP contribution in [-0.2, 0) is 10.3 Å². The van der Waals surface area contributed by atoms with E-state index in [1.807, 2.05) is 6.07 Å². The van der Waals surface area contributed by atoms with E-state index < -0.39 is 18.1 Å². The fraction of sp³-hybridized carbons (Fsp3) is 0.235. The first kappa shape index (κ1) is 17.4. The molecule has 3 rings (SSSR count). The van der Waals surface area contributed by atoms with Crippen LogP contribution in [0.1, 0.15) is 21.7 Å². The normalized spacial score (nSPS) is 19.3. The van der Waals surface area contributed by atoms with Gasteiger partial charge in [0.2, 0.25) is 0 Å². The van der Waals surface area contributed by atoms with Gasteiger partial charge < -0.3 is 10.1 Å². The summed E-state index contributed by atoms with van der Waals surface area (Å²) >= 11 is 0. The molecule has 9 heteroatoms. The lowest BCUT2D eigenvalue weighted by atomic mass is 9.97. The second kappa shape index (κ2) is 7.25. The highest BCUT2D eigenvalue weighted by Gasteiger charge is 2.40. The third-order valence-corrected chi connectivity index (χ3v) is 3.84. The third-order valence-electron chi connectivity index (χ3n) is 3.84. The molecule has 132 valence electrons. The van der Waals surface area contributed by atoms with E-state index in [1.54, 1.807) is 18.2 Å². The summed E-state index contributed by atoms with van der Waals surface area (Å²) in [7, 11) is 0. The van der Waals surface area contributed by atoms with E-state index in [-0.39, 0.29) is 24.7 Å². The number of amidine groups is 1. The number of alkyl halides is 1. The summed E-state index contributed by atoms with van der Waals surface area (Å²) in [5.74, 6) is 0.0525. The molecule has 1 atom stereocenters. The minimum Gasteiger partial charge on any atom is -0.364 e. The number of hydrogen-bond acceptors (Lipinski definition) is 6. The van der Waals surface area contributed by atoms with Gasteiger partial charge in [-0.15, -0.1) is 0 Å². The number of nitrogens with two attached hydrogens (primary N) is 1. The lowest BCUT2D eigenvalue weighted by Crippen LogP contribution is -2.92. The molecule has 1 amide bonds. The molecule has 0 aromatic carbocycles. The number of aromatic nitrogens is 2. The maximum absolute atomic E-state index is 13.7. The van der Waals surface area contributed by atoms with Crippen LogP contribution in [0.5, 0.6) is 0 Å². The number of carbonyl (C=O) groups excluding carboxylic acids is 1. The highest BCUT2D eigenvalue weighted by Crippen LogP contribution is 2.19. The molecule has 0 bridgehead atoms. The molecule has 2 aromatic heterocycles. The summed E-state index contributed by atoms with van der Waals surface area (Å²) in [4.78, 5) is 23.4. The Bertz CT molecular complexity index is 893. The van der Waals surface area contributed by atoms with Crippen LogP contribution in [-0.4, -0.2) is 41.6 Å². The van der Waals surface area contributed by atoms with Crippen molar-refractivity contribution in [3.05, 3.63) is 53.5 Å². The fourth-order valence-electron chi connectivity index (χ4n) is 2.54. The van der Waals surface area contributed by atoms with Gasteiger partial charge in [0, 0.05) is 6.20 Å². The zero-order chi connectivity index (χ0) is 18.6. The first-order valence-electron chi connectivity index (χ1n) is 7.74. The molecule has 0 saturated heterocycles. The molecule has 1 aliphatic rings. The number of amides is 1. The standard InChI is InChI=1S/C17H15FN6O2/c18-9-17(10-26-8-14(20)24-17)13-2-1-3-15(22-13)23-16(25)12-5-4-11(6-19)7-21-12/h1-5,7H,8-10H2,(H2,20,24)(H,22,23,25)/p+1. The molecule has 8 nitrogen and oxygen atoms in total. The van der Waals surface area contributed by atoms with Crippen molar-refractivity contribution in [3.8, 4) is 6.07 Å². The van der Waals surface area contributed by atoms with Crippen molar-refractivity contribution < 1.29 is 18.9 Å². The van der Waals surface area contributed by atoms with Gasteiger partial charge in [0.05, 0.1) is 17.9 Å². The molecule has 1 unspecified atom stereocenters. The molecule has 4 N–H and O–H groups in total. The third kappa shape index (κ3) is 3.50. The Labute approximate surface area is 148 Å². The second-order valence-corrected chi connectivity index (χ2v) is 5.76. The van der Waals surface area contributed by atoms with Gasteiger partial charge in [-0.2, -0.15) is 5.26 Å². The molecule has 26 heavy (non-hydrogen) atoms. The molecular weight excluding hydrogens is 339 g/mol. The maximum atomic E-state index is 13.7. The fourth-order valence-corrected chi connectivity index (χ4v) is 2.54. The lowest BCUT2D eigenvalue weighted by Gasteiger charge is -2.27. The number of rotatable bonds is 4. The molecule has 3 heterocycles. The minimum atomic E-state index is -1.20. The average molecular weight is 355 g/mol. The van der Waals surface area contributed by atoms with E-state index in [0.29, 0.717) is 17.1 Å². The number of pyridine rings is 2. The van der Waals surface area contributed by atoms with Crippen LogP contribution in [0.3, 0.4) is 0 Å². The Morgan fingerprint density at radius 3 is 2.96 bits per heavy atom. The zero-order valence-corrected chi connectivity index (χ0v) is 13.7. The lowest BCUT2D eigenvalue weighted by molar-refractivity contribution is -0.582. The van der Waals surface area contributed by atoms with Crippen molar-refractivity contribution >= 4 is 17.6 Å². The van der Waals surface area contributed by atoms with E-state index in [1.165, 1.54) is 18.3 Å². The van der Waals surface area contributed by atoms with Gasteiger partial charge in [-0.3, -0.25) is 15.5 Å². The van der Waals surface area contributed by atoms with Crippen molar-refractivity contribution in [1.82, 2.24) is 9.97 Å². The minimum absolute atomic E-state index is 0.0613. The molecule has 0 spiro atoms. The maximum Gasteiger partial charge on any atom is 0.275 e. The van der Waals surface area contributed by atoms with Crippen molar-refractivity contribution in [1.29, 1.82) is 5.26 Å². The number of halogens is 1. The SMILES string of the molecule is N#Cc1ccc(C(=O)Nc2cccc(C3(CF)COCC(N)=[NH+]3)n2)nc1. The molecular formula is C17H16FN6O2+. The topological polar surface area (TPSA) is 128 Å². The Morgan fingerprint density at radius 1 is 1.46 bits per heavy atom. The number of nitrogens with zero attached hydrogens (tertiary/aromatic N) is 3. The summed E-state index contributed by atoms with van der Waals surface area (Å²) in [6, 6.07) is 9.71. The molecule has 0 aliphatic carbocycles. The second-order valence-electron chi connectivity index (χ2n) is 5.76. The summed E-state index contributed by atoms with van der Waals surface area (Å²) < 4.78 is 19.1. The van der Waals surface area contributed by atoms with E-state index in [0.717, 1.165) is 0 Å². The van der Waals surface area contributed by atoms with Gasteiger partial charge in [0.15, 0.2) is 5.54 Å². The van der Waals surface area contributed by atoms with Crippen LogP contribution in [0, 0.1) is 11.3 Å². The van der Waals surface area contributed by atoms with Crippen LogP contribution in [0.25, 0.3) is 0 Å². The van der Waals surface area contributed by atoms with Gasteiger partial charge in [0.1, 0.15) is 30.9 Å². The van der Waals surface area contributed by atoms with Gasteiger partial charge in [0.25, 0.3) is 11.7 Å². The van der Waals surface area contributed by atoms with Gasteiger partial charge in [-0.1, -0.05) is 6.07 Å². The quantitative estimate of drug-likeness (QED) is 0.661. The Balaban J connectivity index is 1.84. The summed E-state index contributed by atoms with van der Waals surface area (Å²) in [6.45, 7) is -0.524. The smallest absolute Gasteiger partial charge is 0.275 e. The molecule has 0 saturated carbocycles. The number of hydrogen-bond donors (Lipinski definition) is 3. The highest BCUT2D eigenvalue weighted by atomic mass is 19.1. The molecule has 0 radical (unpaired) electrons. The number of anilines is 1. The highest BCUT2D eigenvalue weighted by molar-refractivity contribution is 6.02. The summed E-state index contributed by atoms with van der Waals surface area (Å²) in [5.41, 5.74) is 5.37. The van der Waals surface area contributed by atoms with Crippen LogP contribution in [0.2, 0.25) is 0 Å². The molecule has 2 aromatic rings. The Morgan fingerprint density at radius 2 is 2.31 bits per heavy atom.